The van der Waals surface area contributed by atoms with Crippen molar-refractivity contribution in [2.75, 3.05) is 10.8 Å². The van der Waals surface area contributed by atoms with Crippen molar-refractivity contribution in [3.05, 3.63) is 59.9 Å². The quantitative estimate of drug-likeness (QED) is 0.867. The normalized spacial score (nSPS) is 11.3. The lowest BCUT2D eigenvalue weighted by atomic mass is 10.2. The Morgan fingerprint density at radius 2 is 1.75 bits per heavy atom. The predicted octanol–water partition coefficient (Wildman–Crippen LogP) is 3.35. The molecule has 0 saturated heterocycles. The Morgan fingerprint density at radius 3 is 2.30 bits per heavy atom. The molecule has 20 heavy (non-hydrogen) atoms. The van der Waals surface area contributed by atoms with Crippen LogP contribution in [0.25, 0.3) is 0 Å². The van der Waals surface area contributed by atoms with Gasteiger partial charge in [-0.3, -0.25) is 4.31 Å². The van der Waals surface area contributed by atoms with Gasteiger partial charge in [0, 0.05) is 6.54 Å². The lowest BCUT2D eigenvalue weighted by Crippen LogP contribution is -2.30. The van der Waals surface area contributed by atoms with Crippen LogP contribution in [0.3, 0.4) is 0 Å². The Kier molecular flexibility index (Phi) is 4.09. The van der Waals surface area contributed by atoms with E-state index in [1.54, 1.807) is 38.1 Å². The maximum Gasteiger partial charge on any atom is 0.264 e. The third-order valence-corrected chi connectivity index (χ3v) is 4.82. The van der Waals surface area contributed by atoms with Crippen molar-refractivity contribution in [3.63, 3.8) is 0 Å². The van der Waals surface area contributed by atoms with Crippen LogP contribution < -0.4 is 4.31 Å². The van der Waals surface area contributed by atoms with Crippen molar-refractivity contribution in [2.45, 2.75) is 18.7 Å². The first-order valence-electron chi connectivity index (χ1n) is 6.30. The van der Waals surface area contributed by atoms with E-state index in [4.69, 9.17) is 0 Å². The molecule has 0 amide bonds. The highest BCUT2D eigenvalue weighted by Gasteiger charge is 2.24. The van der Waals surface area contributed by atoms with Crippen LogP contribution in [0.15, 0.2) is 53.4 Å². The summed E-state index contributed by atoms with van der Waals surface area (Å²) in [5.74, 6) is -0.548. The number of halogens is 1. The van der Waals surface area contributed by atoms with Crippen molar-refractivity contribution < 1.29 is 12.8 Å². The van der Waals surface area contributed by atoms with Gasteiger partial charge in [0.05, 0.1) is 10.6 Å². The summed E-state index contributed by atoms with van der Waals surface area (Å²) in [7, 11) is -3.76. The van der Waals surface area contributed by atoms with Gasteiger partial charge in [0.1, 0.15) is 5.82 Å². The zero-order valence-electron chi connectivity index (χ0n) is 11.4. The van der Waals surface area contributed by atoms with E-state index in [0.29, 0.717) is 11.3 Å². The fourth-order valence-electron chi connectivity index (χ4n) is 2.06. The molecule has 0 aliphatic heterocycles. The number of aryl methyl sites for hydroxylation is 1. The number of benzene rings is 2. The maximum atomic E-state index is 13.4. The molecule has 106 valence electrons. The third kappa shape index (κ3) is 2.82. The number of hydrogen-bond acceptors (Lipinski definition) is 2. The molecule has 0 N–H and O–H groups in total. The van der Waals surface area contributed by atoms with E-state index in [9.17, 15) is 12.8 Å². The maximum absolute atomic E-state index is 13.4. The Balaban J connectivity index is 2.52. The van der Waals surface area contributed by atoms with Crippen LogP contribution in [-0.4, -0.2) is 15.0 Å². The summed E-state index contributed by atoms with van der Waals surface area (Å²) < 4.78 is 40.0. The topological polar surface area (TPSA) is 37.4 Å². The van der Waals surface area contributed by atoms with E-state index in [2.05, 4.69) is 0 Å². The number of sulfonamides is 1. The van der Waals surface area contributed by atoms with Gasteiger partial charge in [-0.25, -0.2) is 12.8 Å². The Morgan fingerprint density at radius 1 is 1.10 bits per heavy atom. The summed E-state index contributed by atoms with van der Waals surface area (Å²) >= 11 is 0. The highest BCUT2D eigenvalue weighted by Crippen LogP contribution is 2.24. The van der Waals surface area contributed by atoms with Gasteiger partial charge >= 0.3 is 0 Å². The van der Waals surface area contributed by atoms with Gasteiger partial charge in [-0.05, 0) is 49.7 Å². The zero-order chi connectivity index (χ0) is 14.8. The summed E-state index contributed by atoms with van der Waals surface area (Å²) in [5, 5.41) is 0. The van der Waals surface area contributed by atoms with E-state index in [1.807, 2.05) is 6.07 Å². The van der Waals surface area contributed by atoms with E-state index < -0.39 is 15.8 Å². The summed E-state index contributed by atoms with van der Waals surface area (Å²) in [5.41, 5.74) is 1.14. The molecular weight excluding hydrogens is 277 g/mol. The van der Waals surface area contributed by atoms with Crippen LogP contribution in [0.4, 0.5) is 10.1 Å². The second kappa shape index (κ2) is 5.63. The second-order valence-corrected chi connectivity index (χ2v) is 6.33. The van der Waals surface area contributed by atoms with Crippen LogP contribution in [0.2, 0.25) is 0 Å². The Bertz CT molecular complexity index is 679. The van der Waals surface area contributed by atoms with Crippen LogP contribution in [0.1, 0.15) is 12.5 Å². The van der Waals surface area contributed by atoms with Gasteiger partial charge in [0.25, 0.3) is 10.0 Å². The average Bonchev–Trinajstić information content (AvgIpc) is 2.39. The molecular formula is C15H16FNO2S. The van der Waals surface area contributed by atoms with Gasteiger partial charge in [-0.2, -0.15) is 0 Å². The van der Waals surface area contributed by atoms with Crippen LogP contribution >= 0.6 is 0 Å². The van der Waals surface area contributed by atoms with Crippen LogP contribution in [0, 0.1) is 12.7 Å². The lowest BCUT2D eigenvalue weighted by Gasteiger charge is -2.23. The summed E-state index contributed by atoms with van der Waals surface area (Å²) in [6.07, 6.45) is 0. The van der Waals surface area contributed by atoms with Gasteiger partial charge in [0.2, 0.25) is 0 Å². The van der Waals surface area contributed by atoms with E-state index in [-0.39, 0.29) is 11.4 Å². The molecule has 0 unspecified atom stereocenters. The molecule has 0 radical (unpaired) electrons. The smallest absolute Gasteiger partial charge is 0.264 e. The van der Waals surface area contributed by atoms with E-state index >= 15 is 0 Å². The monoisotopic (exact) mass is 293 g/mol. The third-order valence-electron chi connectivity index (χ3n) is 2.94. The highest BCUT2D eigenvalue weighted by atomic mass is 32.2. The van der Waals surface area contributed by atoms with Crippen molar-refractivity contribution in [2.24, 2.45) is 0 Å². The molecule has 5 heteroatoms. The molecule has 3 nitrogen and oxygen atoms in total. The Labute approximate surface area is 118 Å². The first-order chi connectivity index (χ1) is 9.45. The first kappa shape index (κ1) is 14.5. The predicted molar refractivity (Wildman–Crippen MR) is 77.8 cm³/mol. The summed E-state index contributed by atoms with van der Waals surface area (Å²) in [6, 6.07) is 12.6. The van der Waals surface area contributed by atoms with E-state index in [1.165, 1.54) is 16.4 Å². The van der Waals surface area contributed by atoms with Crippen molar-refractivity contribution >= 4 is 15.7 Å². The molecule has 0 aliphatic rings. The molecule has 0 fully saturated rings. The number of para-hydroxylation sites is 1. The molecule has 0 heterocycles. The fraction of sp³-hybridized carbons (Fsp3) is 0.200. The molecule has 2 aromatic carbocycles. The minimum absolute atomic E-state index is 0.0271. The van der Waals surface area contributed by atoms with Crippen molar-refractivity contribution in [1.29, 1.82) is 0 Å². The zero-order valence-corrected chi connectivity index (χ0v) is 12.2. The van der Waals surface area contributed by atoms with Crippen molar-refractivity contribution in [1.82, 2.24) is 0 Å². The van der Waals surface area contributed by atoms with Crippen LogP contribution in [0.5, 0.6) is 0 Å². The fourth-order valence-corrected chi connectivity index (χ4v) is 3.65. The first-order valence-corrected chi connectivity index (χ1v) is 7.74. The van der Waals surface area contributed by atoms with Gasteiger partial charge < -0.3 is 0 Å². The average molecular weight is 293 g/mol. The van der Waals surface area contributed by atoms with Crippen molar-refractivity contribution in [3.8, 4) is 0 Å². The summed E-state index contributed by atoms with van der Waals surface area (Å²) in [6.45, 7) is 3.69. The molecule has 0 aromatic heterocycles. The summed E-state index contributed by atoms with van der Waals surface area (Å²) in [4.78, 5) is -0.0271. The van der Waals surface area contributed by atoms with E-state index in [0.717, 1.165) is 6.07 Å². The van der Waals surface area contributed by atoms with Gasteiger partial charge in [-0.1, -0.05) is 18.2 Å². The number of nitrogens with zero attached hydrogens (tertiary/aromatic N) is 1. The SMILES string of the molecule is CCN(c1ccccc1)S(=O)(=O)c1cc(C)cc(F)c1. The minimum atomic E-state index is -3.76. The number of anilines is 1. The van der Waals surface area contributed by atoms with Gasteiger partial charge in [0.15, 0.2) is 0 Å². The number of rotatable bonds is 4. The molecule has 0 saturated carbocycles. The molecule has 2 aromatic rings. The second-order valence-electron chi connectivity index (χ2n) is 4.47. The largest absolute Gasteiger partial charge is 0.267 e. The lowest BCUT2D eigenvalue weighted by molar-refractivity contribution is 0.586. The number of hydrogen-bond donors (Lipinski definition) is 0. The van der Waals surface area contributed by atoms with Crippen LogP contribution in [-0.2, 0) is 10.0 Å². The highest BCUT2D eigenvalue weighted by molar-refractivity contribution is 7.92. The standard InChI is InChI=1S/C15H16FNO2S/c1-3-17(14-7-5-4-6-8-14)20(18,19)15-10-12(2)9-13(16)11-15/h4-11H,3H2,1-2H3. The molecule has 0 aliphatic carbocycles. The molecule has 2 rings (SSSR count). The van der Waals surface area contributed by atoms with Gasteiger partial charge in [-0.15, -0.1) is 0 Å². The molecule has 0 atom stereocenters. The molecule has 0 spiro atoms. The molecule has 0 bridgehead atoms. The Hall–Kier alpha value is -1.88. The minimum Gasteiger partial charge on any atom is -0.267 e.